The molecule has 0 aliphatic carbocycles. The van der Waals surface area contributed by atoms with Crippen LogP contribution in [0.25, 0.3) is 0 Å². The fourth-order valence-electron chi connectivity index (χ4n) is 2.49. The van der Waals surface area contributed by atoms with Gasteiger partial charge in [-0.1, -0.05) is 35.3 Å². The minimum atomic E-state index is -0.508. The lowest BCUT2D eigenvalue weighted by Crippen LogP contribution is -2.31. The summed E-state index contributed by atoms with van der Waals surface area (Å²) < 4.78 is 15.0. The second kappa shape index (κ2) is 7.25. The van der Waals surface area contributed by atoms with Crippen LogP contribution >= 0.6 is 23.2 Å². The van der Waals surface area contributed by atoms with Gasteiger partial charge in [-0.15, -0.1) is 0 Å². The Morgan fingerprint density at radius 2 is 1.92 bits per heavy atom. The molecule has 0 bridgehead atoms. The number of aryl methyl sites for hydroxylation is 1. The highest BCUT2D eigenvalue weighted by atomic mass is 35.5. The lowest BCUT2D eigenvalue weighted by atomic mass is 10.1. The Hall–Kier alpha value is -2.37. The predicted molar refractivity (Wildman–Crippen MR) is 95.4 cm³/mol. The predicted octanol–water partition coefficient (Wildman–Crippen LogP) is 4.39. The van der Waals surface area contributed by atoms with Gasteiger partial charge in [-0.25, -0.2) is 9.37 Å². The van der Waals surface area contributed by atoms with Crippen molar-refractivity contribution >= 4 is 29.1 Å². The summed E-state index contributed by atoms with van der Waals surface area (Å²) in [5.74, 6) is -0.276. The largest absolute Gasteiger partial charge is 0.338 e. The molecule has 0 saturated carbocycles. The molecule has 1 atom stereocenters. The number of carbonyl (C=O) groups excluding carboxylic acids is 1. The molecular weight excluding hydrogens is 364 g/mol. The van der Waals surface area contributed by atoms with Gasteiger partial charge in [0.15, 0.2) is 0 Å². The Kier molecular flexibility index (Phi) is 5.06. The Morgan fingerprint density at radius 3 is 2.52 bits per heavy atom. The average molecular weight is 378 g/mol. The normalized spacial score (nSPS) is 12.0. The molecule has 4 nitrogen and oxygen atoms in total. The van der Waals surface area contributed by atoms with Gasteiger partial charge in [-0.2, -0.15) is 0 Å². The van der Waals surface area contributed by atoms with Crippen molar-refractivity contribution in [2.45, 2.75) is 6.04 Å². The number of hydrogen-bond donors (Lipinski definition) is 1. The number of nitrogens with one attached hydrogen (secondary N) is 1. The first kappa shape index (κ1) is 17.5. The molecule has 0 aliphatic heterocycles. The maximum absolute atomic E-state index is 13.2. The van der Waals surface area contributed by atoms with E-state index in [1.54, 1.807) is 24.5 Å². The molecule has 1 amide bonds. The van der Waals surface area contributed by atoms with Crippen LogP contribution in [0.1, 0.15) is 27.8 Å². The number of hydrogen-bond acceptors (Lipinski definition) is 2. The lowest BCUT2D eigenvalue weighted by molar-refractivity contribution is 0.0941. The second-order valence-electron chi connectivity index (χ2n) is 5.48. The fraction of sp³-hybridized carbons (Fsp3) is 0.111. The van der Waals surface area contributed by atoms with E-state index in [1.165, 1.54) is 12.1 Å². The Labute approximate surface area is 154 Å². The highest BCUT2D eigenvalue weighted by molar-refractivity contribution is 6.33. The summed E-state index contributed by atoms with van der Waals surface area (Å²) in [7, 11) is 1.84. The average Bonchev–Trinajstić information content (AvgIpc) is 2.99. The van der Waals surface area contributed by atoms with Crippen LogP contribution in [0.5, 0.6) is 0 Å². The first-order valence-corrected chi connectivity index (χ1v) is 8.20. The second-order valence-corrected chi connectivity index (χ2v) is 6.32. The zero-order valence-corrected chi connectivity index (χ0v) is 14.7. The van der Waals surface area contributed by atoms with Crippen LogP contribution in [0, 0.1) is 5.82 Å². The smallest absolute Gasteiger partial charge is 0.253 e. The van der Waals surface area contributed by atoms with E-state index in [0.717, 1.165) is 11.6 Å². The number of imidazole rings is 1. The van der Waals surface area contributed by atoms with Crippen LogP contribution in [0.4, 0.5) is 4.39 Å². The van der Waals surface area contributed by atoms with Gasteiger partial charge < -0.3 is 9.88 Å². The maximum Gasteiger partial charge on any atom is 0.253 e. The van der Waals surface area contributed by atoms with Crippen molar-refractivity contribution in [2.75, 3.05) is 0 Å². The van der Waals surface area contributed by atoms with E-state index in [1.807, 2.05) is 23.7 Å². The van der Waals surface area contributed by atoms with Crippen molar-refractivity contribution in [1.82, 2.24) is 14.9 Å². The summed E-state index contributed by atoms with van der Waals surface area (Å²) in [5, 5.41) is 3.54. The molecule has 128 valence electrons. The standard InChI is InChI=1S/C18H14Cl2FN3O/c1-24-9-8-22-17(24)16(11-2-4-12(19)5-3-11)23-18(25)14-7-6-13(21)10-15(14)20/h2-10,16H,1H3,(H,23,25)/t16-/m1/s1. The quantitative estimate of drug-likeness (QED) is 0.732. The zero-order valence-electron chi connectivity index (χ0n) is 13.2. The number of benzene rings is 2. The van der Waals surface area contributed by atoms with Crippen LogP contribution < -0.4 is 5.32 Å². The molecule has 25 heavy (non-hydrogen) atoms. The number of carbonyl (C=O) groups is 1. The van der Waals surface area contributed by atoms with Gasteiger partial charge in [0.05, 0.1) is 10.6 Å². The summed E-state index contributed by atoms with van der Waals surface area (Å²) in [6, 6.07) is 10.2. The van der Waals surface area contributed by atoms with Crippen LogP contribution in [-0.2, 0) is 7.05 Å². The Bertz CT molecular complexity index is 909. The van der Waals surface area contributed by atoms with E-state index >= 15 is 0 Å². The minimum absolute atomic E-state index is 0.0483. The van der Waals surface area contributed by atoms with Crippen LogP contribution in [0.15, 0.2) is 54.9 Å². The molecule has 3 rings (SSSR count). The highest BCUT2D eigenvalue weighted by Gasteiger charge is 2.22. The summed E-state index contributed by atoms with van der Waals surface area (Å²) in [5.41, 5.74) is 1.00. The van der Waals surface area contributed by atoms with Crippen LogP contribution in [-0.4, -0.2) is 15.5 Å². The molecule has 0 unspecified atom stereocenters. The highest BCUT2D eigenvalue weighted by Crippen LogP contribution is 2.24. The van der Waals surface area contributed by atoms with Gasteiger partial charge in [0.25, 0.3) is 5.91 Å². The Morgan fingerprint density at radius 1 is 1.20 bits per heavy atom. The fourth-order valence-corrected chi connectivity index (χ4v) is 2.87. The molecule has 2 aromatic carbocycles. The van der Waals surface area contributed by atoms with Gasteiger partial charge in [0, 0.05) is 24.5 Å². The van der Waals surface area contributed by atoms with Crippen molar-refractivity contribution in [2.24, 2.45) is 7.05 Å². The van der Waals surface area contributed by atoms with Gasteiger partial charge >= 0.3 is 0 Å². The van der Waals surface area contributed by atoms with E-state index in [9.17, 15) is 9.18 Å². The summed E-state index contributed by atoms with van der Waals surface area (Å²) in [6.07, 6.45) is 3.44. The van der Waals surface area contributed by atoms with Gasteiger partial charge in [0.1, 0.15) is 17.7 Å². The molecule has 0 saturated heterocycles. The van der Waals surface area contributed by atoms with Crippen molar-refractivity contribution in [3.05, 3.63) is 87.7 Å². The van der Waals surface area contributed by atoms with E-state index in [2.05, 4.69) is 10.3 Å². The van der Waals surface area contributed by atoms with Gasteiger partial charge in [-0.05, 0) is 35.9 Å². The van der Waals surface area contributed by atoms with Crippen LogP contribution in [0.3, 0.4) is 0 Å². The van der Waals surface area contributed by atoms with E-state index < -0.39 is 17.8 Å². The Balaban J connectivity index is 1.96. The van der Waals surface area contributed by atoms with Crippen molar-refractivity contribution < 1.29 is 9.18 Å². The van der Waals surface area contributed by atoms with E-state index in [0.29, 0.717) is 10.8 Å². The summed E-state index contributed by atoms with van der Waals surface area (Å²) in [6.45, 7) is 0. The first-order valence-electron chi connectivity index (χ1n) is 7.44. The zero-order chi connectivity index (χ0) is 18.0. The van der Waals surface area contributed by atoms with Gasteiger partial charge in [-0.3, -0.25) is 4.79 Å². The van der Waals surface area contributed by atoms with E-state index in [-0.39, 0.29) is 10.6 Å². The SMILES string of the molecule is Cn1ccnc1[C@H](NC(=O)c1ccc(F)cc1Cl)c1ccc(Cl)cc1. The van der Waals surface area contributed by atoms with Crippen LogP contribution in [0.2, 0.25) is 10.0 Å². The maximum atomic E-state index is 13.2. The molecule has 3 aromatic rings. The molecular formula is C18H14Cl2FN3O. The molecule has 1 N–H and O–H groups in total. The van der Waals surface area contributed by atoms with Crippen molar-refractivity contribution in [3.8, 4) is 0 Å². The summed E-state index contributed by atoms with van der Waals surface area (Å²) in [4.78, 5) is 17.0. The van der Waals surface area contributed by atoms with E-state index in [4.69, 9.17) is 23.2 Å². The third-order valence-corrected chi connectivity index (χ3v) is 4.34. The number of amides is 1. The summed E-state index contributed by atoms with van der Waals surface area (Å²) >= 11 is 11.9. The molecule has 1 heterocycles. The lowest BCUT2D eigenvalue weighted by Gasteiger charge is -2.19. The molecule has 0 aliphatic rings. The first-order chi connectivity index (χ1) is 12.0. The molecule has 0 radical (unpaired) electrons. The van der Waals surface area contributed by atoms with Crippen molar-refractivity contribution in [1.29, 1.82) is 0 Å². The molecule has 0 spiro atoms. The number of aromatic nitrogens is 2. The third-order valence-electron chi connectivity index (χ3n) is 3.77. The topological polar surface area (TPSA) is 46.9 Å². The number of nitrogens with zero attached hydrogens (tertiary/aromatic N) is 2. The molecule has 1 aromatic heterocycles. The number of halogens is 3. The molecule has 0 fully saturated rings. The monoisotopic (exact) mass is 377 g/mol. The minimum Gasteiger partial charge on any atom is -0.338 e. The molecule has 7 heteroatoms. The van der Waals surface area contributed by atoms with Crippen molar-refractivity contribution in [3.63, 3.8) is 0 Å². The third kappa shape index (κ3) is 3.83. The number of rotatable bonds is 4. The van der Waals surface area contributed by atoms with Gasteiger partial charge in [0.2, 0.25) is 0 Å².